The molecule has 19 heavy (non-hydrogen) atoms. The van der Waals surface area contributed by atoms with Crippen LogP contribution in [0.25, 0.3) is 0 Å². The van der Waals surface area contributed by atoms with Crippen molar-refractivity contribution in [3.8, 4) is 0 Å². The third-order valence-corrected chi connectivity index (χ3v) is 4.02. The molecule has 2 nitrogen and oxygen atoms in total. The van der Waals surface area contributed by atoms with E-state index in [1.807, 2.05) is 0 Å². The molecule has 0 spiro atoms. The number of nitrogens with two attached hydrogens (primary N) is 1. The predicted octanol–water partition coefficient (Wildman–Crippen LogP) is 3.08. The fourth-order valence-corrected chi connectivity index (χ4v) is 3.05. The summed E-state index contributed by atoms with van der Waals surface area (Å²) in [6, 6.07) is 4.73. The van der Waals surface area contributed by atoms with E-state index in [-0.39, 0.29) is 10.8 Å². The molecule has 4 heteroatoms. The van der Waals surface area contributed by atoms with Gasteiger partial charge in [0.05, 0.1) is 0 Å². The van der Waals surface area contributed by atoms with Crippen LogP contribution in [0.15, 0.2) is 18.2 Å². The minimum Gasteiger partial charge on any atom is -0.389 e. The van der Waals surface area contributed by atoms with Gasteiger partial charge in [0.1, 0.15) is 10.8 Å². The van der Waals surface area contributed by atoms with Crippen molar-refractivity contribution in [3.05, 3.63) is 35.1 Å². The lowest BCUT2D eigenvalue weighted by atomic mass is 10.0. The van der Waals surface area contributed by atoms with E-state index in [0.29, 0.717) is 5.56 Å². The lowest BCUT2D eigenvalue weighted by molar-refractivity contribution is 0.312. The Balaban J connectivity index is 2.05. The Labute approximate surface area is 119 Å². The first-order valence-corrected chi connectivity index (χ1v) is 7.31. The molecule has 1 heterocycles. The zero-order chi connectivity index (χ0) is 13.8. The summed E-state index contributed by atoms with van der Waals surface area (Å²) in [4.78, 5) is 2.69. The SMILES string of the molecule is CCCC1CCN(Cc2ccc(F)cc2C(N)=S)C1. The van der Waals surface area contributed by atoms with Gasteiger partial charge in [-0.15, -0.1) is 0 Å². The smallest absolute Gasteiger partial charge is 0.123 e. The Morgan fingerprint density at radius 1 is 1.53 bits per heavy atom. The number of nitrogens with zero attached hydrogens (tertiary/aromatic N) is 1. The molecule has 0 radical (unpaired) electrons. The van der Waals surface area contributed by atoms with Crippen molar-refractivity contribution in [2.24, 2.45) is 11.7 Å². The topological polar surface area (TPSA) is 29.3 Å². The van der Waals surface area contributed by atoms with Gasteiger partial charge in [-0.25, -0.2) is 4.39 Å². The van der Waals surface area contributed by atoms with E-state index in [1.54, 1.807) is 6.07 Å². The maximum absolute atomic E-state index is 13.3. The van der Waals surface area contributed by atoms with Crippen LogP contribution in [0.1, 0.15) is 37.3 Å². The first-order valence-electron chi connectivity index (χ1n) is 6.90. The van der Waals surface area contributed by atoms with Crippen molar-refractivity contribution < 1.29 is 4.39 Å². The van der Waals surface area contributed by atoms with Crippen LogP contribution < -0.4 is 5.73 Å². The van der Waals surface area contributed by atoms with Crippen LogP contribution in [-0.2, 0) is 6.54 Å². The molecule has 1 aliphatic heterocycles. The molecule has 2 rings (SSSR count). The summed E-state index contributed by atoms with van der Waals surface area (Å²) in [5.41, 5.74) is 7.39. The largest absolute Gasteiger partial charge is 0.389 e. The molecule has 2 N–H and O–H groups in total. The van der Waals surface area contributed by atoms with Gasteiger partial charge in [-0.05, 0) is 43.0 Å². The Kier molecular flexibility index (Phi) is 4.88. The van der Waals surface area contributed by atoms with Crippen LogP contribution in [0.2, 0.25) is 0 Å². The zero-order valence-corrected chi connectivity index (χ0v) is 12.2. The van der Waals surface area contributed by atoms with Crippen LogP contribution >= 0.6 is 12.2 Å². The quantitative estimate of drug-likeness (QED) is 0.841. The van der Waals surface area contributed by atoms with Crippen LogP contribution in [0.5, 0.6) is 0 Å². The second kappa shape index (κ2) is 6.44. The second-order valence-electron chi connectivity index (χ2n) is 5.34. The van der Waals surface area contributed by atoms with Crippen molar-refractivity contribution in [2.75, 3.05) is 13.1 Å². The average Bonchev–Trinajstić information content (AvgIpc) is 2.79. The summed E-state index contributed by atoms with van der Waals surface area (Å²) in [5.74, 6) is 0.524. The fraction of sp³-hybridized carbons (Fsp3) is 0.533. The van der Waals surface area contributed by atoms with Gasteiger partial charge < -0.3 is 5.73 Å². The molecule has 1 aliphatic rings. The molecule has 1 aromatic rings. The maximum atomic E-state index is 13.3. The Bertz CT molecular complexity index is 461. The van der Waals surface area contributed by atoms with E-state index in [1.165, 1.54) is 31.4 Å². The third kappa shape index (κ3) is 3.74. The second-order valence-corrected chi connectivity index (χ2v) is 5.78. The molecular weight excluding hydrogens is 259 g/mol. The monoisotopic (exact) mass is 280 g/mol. The number of thiocarbonyl (C=S) groups is 1. The summed E-state index contributed by atoms with van der Waals surface area (Å²) in [5, 5.41) is 0. The number of halogens is 1. The van der Waals surface area contributed by atoms with Gasteiger partial charge in [-0.2, -0.15) is 0 Å². The Morgan fingerprint density at radius 3 is 3.00 bits per heavy atom. The van der Waals surface area contributed by atoms with Gasteiger partial charge in [0.25, 0.3) is 0 Å². The number of benzene rings is 1. The number of rotatable bonds is 5. The number of hydrogen-bond donors (Lipinski definition) is 1. The van der Waals surface area contributed by atoms with Gasteiger partial charge >= 0.3 is 0 Å². The molecule has 1 unspecified atom stereocenters. The number of hydrogen-bond acceptors (Lipinski definition) is 2. The van der Waals surface area contributed by atoms with Crippen LogP contribution in [0.3, 0.4) is 0 Å². The van der Waals surface area contributed by atoms with Crippen LogP contribution in [0, 0.1) is 11.7 Å². The first-order chi connectivity index (χ1) is 9.10. The highest BCUT2D eigenvalue weighted by molar-refractivity contribution is 7.80. The molecule has 1 fully saturated rings. The molecule has 1 atom stereocenters. The van der Waals surface area contributed by atoms with Crippen molar-refractivity contribution in [1.29, 1.82) is 0 Å². The summed E-state index contributed by atoms with van der Waals surface area (Å²) in [6.07, 6.45) is 3.80. The molecule has 104 valence electrons. The third-order valence-electron chi connectivity index (χ3n) is 3.80. The van der Waals surface area contributed by atoms with Crippen LogP contribution in [0.4, 0.5) is 4.39 Å². The van der Waals surface area contributed by atoms with E-state index in [4.69, 9.17) is 18.0 Å². The lowest BCUT2D eigenvalue weighted by Crippen LogP contribution is -2.23. The lowest BCUT2D eigenvalue weighted by Gasteiger charge is -2.18. The van der Waals surface area contributed by atoms with E-state index < -0.39 is 0 Å². The zero-order valence-electron chi connectivity index (χ0n) is 11.4. The molecule has 0 saturated carbocycles. The average molecular weight is 280 g/mol. The van der Waals surface area contributed by atoms with E-state index in [0.717, 1.165) is 31.1 Å². The summed E-state index contributed by atoms with van der Waals surface area (Å²) in [7, 11) is 0. The first kappa shape index (κ1) is 14.4. The van der Waals surface area contributed by atoms with Crippen molar-refractivity contribution in [1.82, 2.24) is 4.90 Å². The maximum Gasteiger partial charge on any atom is 0.123 e. The van der Waals surface area contributed by atoms with Gasteiger partial charge in [0.15, 0.2) is 0 Å². The normalized spacial score (nSPS) is 19.8. The van der Waals surface area contributed by atoms with Crippen LogP contribution in [-0.4, -0.2) is 23.0 Å². The van der Waals surface area contributed by atoms with E-state index >= 15 is 0 Å². The fourth-order valence-electron chi connectivity index (χ4n) is 2.86. The predicted molar refractivity (Wildman–Crippen MR) is 80.6 cm³/mol. The molecular formula is C15H21FN2S. The molecule has 0 aromatic heterocycles. The molecule has 1 saturated heterocycles. The summed E-state index contributed by atoms with van der Waals surface area (Å²) in [6.45, 7) is 5.28. The number of likely N-dealkylation sites (tertiary alicyclic amines) is 1. The Hall–Kier alpha value is -1.00. The molecule has 1 aromatic carbocycles. The summed E-state index contributed by atoms with van der Waals surface area (Å²) < 4.78 is 13.3. The van der Waals surface area contributed by atoms with Gasteiger partial charge in [-0.1, -0.05) is 31.6 Å². The van der Waals surface area contributed by atoms with Crippen molar-refractivity contribution in [2.45, 2.75) is 32.7 Å². The minimum absolute atomic E-state index is 0.277. The van der Waals surface area contributed by atoms with Crippen molar-refractivity contribution in [3.63, 3.8) is 0 Å². The molecule has 0 bridgehead atoms. The van der Waals surface area contributed by atoms with Crippen molar-refractivity contribution >= 4 is 17.2 Å². The summed E-state index contributed by atoms with van der Waals surface area (Å²) >= 11 is 5.01. The highest BCUT2D eigenvalue weighted by atomic mass is 32.1. The van der Waals surface area contributed by atoms with Gasteiger partial charge in [0.2, 0.25) is 0 Å². The highest BCUT2D eigenvalue weighted by Gasteiger charge is 2.22. The Morgan fingerprint density at radius 2 is 2.32 bits per heavy atom. The molecule has 0 amide bonds. The standard InChI is InChI=1S/C15H21FN2S/c1-2-3-11-6-7-18(9-11)10-12-4-5-13(16)8-14(12)15(17)19/h4-5,8,11H,2-3,6-7,9-10H2,1H3,(H2,17,19). The minimum atomic E-state index is -0.281. The van der Waals surface area contributed by atoms with Gasteiger partial charge in [-0.3, -0.25) is 4.90 Å². The van der Waals surface area contributed by atoms with E-state index in [9.17, 15) is 4.39 Å². The van der Waals surface area contributed by atoms with E-state index in [2.05, 4.69) is 11.8 Å². The van der Waals surface area contributed by atoms with Gasteiger partial charge in [0, 0.05) is 18.7 Å². The molecule has 0 aliphatic carbocycles. The highest BCUT2D eigenvalue weighted by Crippen LogP contribution is 2.23.